The number of hydrogen-bond acceptors (Lipinski definition) is 5. The number of rotatable bonds is 6. The Balaban J connectivity index is 2.45. The topological polar surface area (TPSA) is 83.5 Å². The molecule has 8 nitrogen and oxygen atoms in total. The number of hydrogen-bond donors (Lipinski definition) is 1. The van der Waals surface area contributed by atoms with Gasteiger partial charge in [-0.05, 0) is 46.5 Å². The Bertz CT molecular complexity index is 508. The van der Waals surface area contributed by atoms with Gasteiger partial charge in [-0.2, -0.15) is 0 Å². The van der Waals surface area contributed by atoms with Crippen molar-refractivity contribution in [1.82, 2.24) is 15.1 Å². The molecule has 0 aromatic heterocycles. The van der Waals surface area contributed by atoms with E-state index in [-0.39, 0.29) is 12.1 Å². The van der Waals surface area contributed by atoms with Gasteiger partial charge in [-0.3, -0.25) is 9.79 Å². The average molecular weight is 385 g/mol. The molecule has 1 rings (SSSR count). The highest BCUT2D eigenvalue weighted by molar-refractivity contribution is 5.80. The summed E-state index contributed by atoms with van der Waals surface area (Å²) in [6.45, 7) is 11.2. The first-order chi connectivity index (χ1) is 12.7. The van der Waals surface area contributed by atoms with Crippen LogP contribution in [0.3, 0.4) is 0 Å². The number of likely N-dealkylation sites (tertiary alicyclic amines) is 1. The zero-order valence-electron chi connectivity index (χ0n) is 17.7. The SMILES string of the molecule is CCN(CC1CCN(C(=NC)NCCC(=O)OC)CC1)C(=O)OC(C)(C)C. The minimum absolute atomic E-state index is 0.238. The van der Waals surface area contributed by atoms with Gasteiger partial charge in [0.25, 0.3) is 0 Å². The van der Waals surface area contributed by atoms with Crippen LogP contribution in [0.25, 0.3) is 0 Å². The molecule has 27 heavy (non-hydrogen) atoms. The van der Waals surface area contributed by atoms with Gasteiger partial charge in [0, 0.05) is 39.8 Å². The number of nitrogens with zero attached hydrogens (tertiary/aromatic N) is 3. The lowest BCUT2D eigenvalue weighted by atomic mass is 9.96. The van der Waals surface area contributed by atoms with Crippen LogP contribution in [0.15, 0.2) is 4.99 Å². The third-order valence-corrected chi connectivity index (χ3v) is 4.48. The largest absolute Gasteiger partial charge is 0.469 e. The Morgan fingerprint density at radius 2 is 1.89 bits per heavy atom. The minimum atomic E-state index is -0.476. The summed E-state index contributed by atoms with van der Waals surface area (Å²) < 4.78 is 10.1. The van der Waals surface area contributed by atoms with E-state index in [0.717, 1.165) is 31.9 Å². The van der Waals surface area contributed by atoms with Crippen LogP contribution in [-0.4, -0.2) is 80.3 Å². The van der Waals surface area contributed by atoms with Gasteiger partial charge in [0.05, 0.1) is 13.5 Å². The minimum Gasteiger partial charge on any atom is -0.469 e. The molecule has 0 radical (unpaired) electrons. The molecular weight excluding hydrogens is 348 g/mol. The maximum atomic E-state index is 12.3. The molecule has 1 aliphatic rings. The summed E-state index contributed by atoms with van der Waals surface area (Å²) in [6, 6.07) is 0. The van der Waals surface area contributed by atoms with Crippen LogP contribution >= 0.6 is 0 Å². The van der Waals surface area contributed by atoms with Crippen LogP contribution < -0.4 is 5.32 Å². The molecule has 156 valence electrons. The number of amides is 1. The predicted molar refractivity (Wildman–Crippen MR) is 106 cm³/mol. The van der Waals surface area contributed by atoms with E-state index in [1.165, 1.54) is 7.11 Å². The number of nitrogens with one attached hydrogen (secondary N) is 1. The van der Waals surface area contributed by atoms with Crippen LogP contribution in [0.5, 0.6) is 0 Å². The monoisotopic (exact) mass is 384 g/mol. The third-order valence-electron chi connectivity index (χ3n) is 4.48. The lowest BCUT2D eigenvalue weighted by Crippen LogP contribution is -2.48. The second kappa shape index (κ2) is 11.0. The first-order valence-corrected chi connectivity index (χ1v) is 9.70. The van der Waals surface area contributed by atoms with Crippen molar-refractivity contribution in [2.75, 3.05) is 46.9 Å². The van der Waals surface area contributed by atoms with E-state index in [9.17, 15) is 9.59 Å². The number of ether oxygens (including phenoxy) is 2. The van der Waals surface area contributed by atoms with Crippen LogP contribution in [0, 0.1) is 5.92 Å². The summed E-state index contributed by atoms with van der Waals surface area (Å²) in [5, 5.41) is 3.21. The van der Waals surface area contributed by atoms with Crippen molar-refractivity contribution >= 4 is 18.0 Å². The van der Waals surface area contributed by atoms with E-state index in [4.69, 9.17) is 4.74 Å². The summed E-state index contributed by atoms with van der Waals surface area (Å²) in [4.78, 5) is 31.8. The molecule has 0 spiro atoms. The second-order valence-corrected chi connectivity index (χ2v) is 7.75. The van der Waals surface area contributed by atoms with Gasteiger partial charge < -0.3 is 24.6 Å². The summed E-state index contributed by atoms with van der Waals surface area (Å²) >= 11 is 0. The van der Waals surface area contributed by atoms with Crippen molar-refractivity contribution in [3.05, 3.63) is 0 Å². The number of aliphatic imine (C=N–C) groups is 1. The molecule has 1 amide bonds. The predicted octanol–water partition coefficient (Wildman–Crippen LogP) is 2.09. The van der Waals surface area contributed by atoms with Crippen LogP contribution in [-0.2, 0) is 14.3 Å². The van der Waals surface area contributed by atoms with E-state index in [1.54, 1.807) is 11.9 Å². The van der Waals surface area contributed by atoms with E-state index in [1.807, 2.05) is 27.7 Å². The lowest BCUT2D eigenvalue weighted by molar-refractivity contribution is -0.140. The highest BCUT2D eigenvalue weighted by Gasteiger charge is 2.27. The normalized spacial score (nSPS) is 16.1. The molecule has 1 saturated heterocycles. The first kappa shape index (κ1) is 23.0. The Hall–Kier alpha value is -1.99. The quantitative estimate of drug-likeness (QED) is 0.429. The van der Waals surface area contributed by atoms with Gasteiger partial charge in [-0.15, -0.1) is 0 Å². The summed E-state index contributed by atoms with van der Waals surface area (Å²) in [5.74, 6) is 1.01. The van der Waals surface area contributed by atoms with E-state index >= 15 is 0 Å². The van der Waals surface area contributed by atoms with Gasteiger partial charge in [0.1, 0.15) is 5.60 Å². The Labute approximate surface area is 163 Å². The average Bonchev–Trinajstić information content (AvgIpc) is 2.62. The van der Waals surface area contributed by atoms with Crippen LogP contribution in [0.4, 0.5) is 4.79 Å². The smallest absolute Gasteiger partial charge is 0.410 e. The molecule has 1 heterocycles. The Kier molecular flexibility index (Phi) is 9.38. The Morgan fingerprint density at radius 3 is 2.37 bits per heavy atom. The highest BCUT2D eigenvalue weighted by Crippen LogP contribution is 2.20. The number of carbonyl (C=O) groups is 2. The van der Waals surface area contributed by atoms with E-state index in [0.29, 0.717) is 32.0 Å². The van der Waals surface area contributed by atoms with Gasteiger partial charge in [0.2, 0.25) is 0 Å². The molecule has 1 fully saturated rings. The maximum Gasteiger partial charge on any atom is 0.410 e. The molecule has 1 aliphatic heterocycles. The second-order valence-electron chi connectivity index (χ2n) is 7.75. The summed E-state index contributed by atoms with van der Waals surface area (Å²) in [6.07, 6.45) is 2.04. The highest BCUT2D eigenvalue weighted by atomic mass is 16.6. The van der Waals surface area contributed by atoms with Gasteiger partial charge in [-0.1, -0.05) is 0 Å². The molecule has 0 unspecified atom stereocenters. The van der Waals surface area contributed by atoms with Gasteiger partial charge >= 0.3 is 12.1 Å². The fourth-order valence-corrected chi connectivity index (χ4v) is 3.01. The number of piperidine rings is 1. The fourth-order valence-electron chi connectivity index (χ4n) is 3.01. The van der Waals surface area contributed by atoms with Crippen molar-refractivity contribution in [3.63, 3.8) is 0 Å². The van der Waals surface area contributed by atoms with Crippen LogP contribution in [0.2, 0.25) is 0 Å². The van der Waals surface area contributed by atoms with E-state index in [2.05, 4.69) is 19.9 Å². The van der Waals surface area contributed by atoms with Crippen molar-refractivity contribution in [2.24, 2.45) is 10.9 Å². The number of esters is 1. The summed E-state index contributed by atoms with van der Waals surface area (Å²) in [5.41, 5.74) is -0.476. The van der Waals surface area contributed by atoms with Crippen molar-refractivity contribution in [1.29, 1.82) is 0 Å². The number of methoxy groups -OCH3 is 1. The van der Waals surface area contributed by atoms with Gasteiger partial charge in [0.15, 0.2) is 5.96 Å². The molecule has 0 saturated carbocycles. The molecule has 0 aromatic rings. The maximum absolute atomic E-state index is 12.3. The zero-order valence-corrected chi connectivity index (χ0v) is 17.7. The number of carbonyl (C=O) groups excluding carboxylic acids is 2. The third kappa shape index (κ3) is 8.49. The van der Waals surface area contributed by atoms with Crippen LogP contribution in [0.1, 0.15) is 47.0 Å². The molecule has 0 bridgehead atoms. The molecule has 0 atom stereocenters. The number of guanidine groups is 1. The van der Waals surface area contributed by atoms with Gasteiger partial charge in [-0.25, -0.2) is 4.79 Å². The van der Waals surface area contributed by atoms with Crippen molar-refractivity contribution in [2.45, 2.75) is 52.6 Å². The van der Waals surface area contributed by atoms with Crippen molar-refractivity contribution in [3.8, 4) is 0 Å². The molecule has 8 heteroatoms. The lowest BCUT2D eigenvalue weighted by Gasteiger charge is -2.36. The molecule has 0 aliphatic carbocycles. The fraction of sp³-hybridized carbons (Fsp3) is 0.842. The van der Waals surface area contributed by atoms with E-state index < -0.39 is 5.60 Å². The molecular formula is C19H36N4O4. The Morgan fingerprint density at radius 1 is 1.26 bits per heavy atom. The molecule has 1 N–H and O–H groups in total. The summed E-state index contributed by atoms with van der Waals surface area (Å²) in [7, 11) is 3.13. The van der Waals surface area contributed by atoms with Crippen molar-refractivity contribution < 1.29 is 19.1 Å². The standard InChI is InChI=1S/C19H36N4O4/c1-7-22(18(25)27-19(2,3)4)14-15-9-12-23(13-10-15)17(20-5)21-11-8-16(24)26-6/h15H,7-14H2,1-6H3,(H,20,21). The zero-order chi connectivity index (χ0) is 20.4. The first-order valence-electron chi connectivity index (χ1n) is 9.70. The molecule has 0 aromatic carbocycles.